The van der Waals surface area contributed by atoms with Gasteiger partial charge in [0.15, 0.2) is 0 Å². The molecule has 2 amide bonds. The van der Waals surface area contributed by atoms with E-state index in [-0.39, 0.29) is 18.0 Å². The minimum atomic E-state index is -4.17. The third kappa shape index (κ3) is 6.05. The number of likely N-dealkylation sites (tertiary alicyclic amines) is 1. The second-order valence-electron chi connectivity index (χ2n) is 6.46. The molecule has 132 valence electrons. The normalized spacial score (nSPS) is 25.2. The molecule has 2 aliphatic rings. The van der Waals surface area contributed by atoms with Gasteiger partial charge in [-0.2, -0.15) is 13.2 Å². The Morgan fingerprint density at radius 1 is 1.39 bits per heavy atom. The maximum Gasteiger partial charge on any atom is 0.401 e. The van der Waals surface area contributed by atoms with Crippen LogP contribution in [0.25, 0.3) is 0 Å². The number of carbonyl (C=O) groups is 1. The van der Waals surface area contributed by atoms with E-state index < -0.39 is 12.7 Å². The molecule has 1 fully saturated rings. The number of hydrogen-bond donors (Lipinski definition) is 1. The fourth-order valence-corrected chi connectivity index (χ4v) is 3.27. The predicted octanol–water partition coefficient (Wildman–Crippen LogP) is 3.01. The Hall–Kier alpha value is -1.24. The van der Waals surface area contributed by atoms with Gasteiger partial charge in [0, 0.05) is 25.7 Å². The Labute approximate surface area is 135 Å². The maximum atomic E-state index is 12.5. The number of urea groups is 1. The number of carbonyl (C=O) groups excluding carboxylic acids is 1. The monoisotopic (exact) mass is 333 g/mol. The van der Waals surface area contributed by atoms with E-state index in [4.69, 9.17) is 0 Å². The van der Waals surface area contributed by atoms with Crippen molar-refractivity contribution < 1.29 is 18.0 Å². The van der Waals surface area contributed by atoms with Crippen LogP contribution in [0.2, 0.25) is 0 Å². The molecular formula is C16H26F3N3O. The Morgan fingerprint density at radius 3 is 2.78 bits per heavy atom. The van der Waals surface area contributed by atoms with Crippen LogP contribution in [-0.2, 0) is 0 Å². The highest BCUT2D eigenvalue weighted by Crippen LogP contribution is 2.21. The number of nitrogens with one attached hydrogen (secondary N) is 1. The second-order valence-corrected chi connectivity index (χ2v) is 6.46. The van der Waals surface area contributed by atoms with Gasteiger partial charge >= 0.3 is 12.2 Å². The number of alkyl halides is 3. The van der Waals surface area contributed by atoms with E-state index >= 15 is 0 Å². The highest BCUT2D eigenvalue weighted by atomic mass is 19.4. The lowest BCUT2D eigenvalue weighted by atomic mass is 10.0. The van der Waals surface area contributed by atoms with Crippen molar-refractivity contribution in [2.45, 2.75) is 44.8 Å². The fourth-order valence-electron chi connectivity index (χ4n) is 3.27. The SMILES string of the molecule is CCN(CC1CCN(C(=O)NC2C=CCCC2)C1)CC(F)(F)F. The first-order valence-corrected chi connectivity index (χ1v) is 8.38. The molecule has 0 radical (unpaired) electrons. The largest absolute Gasteiger partial charge is 0.401 e. The molecule has 0 aromatic rings. The van der Waals surface area contributed by atoms with Gasteiger partial charge in [-0.1, -0.05) is 19.1 Å². The molecule has 7 heteroatoms. The molecule has 23 heavy (non-hydrogen) atoms. The molecule has 0 saturated carbocycles. The topological polar surface area (TPSA) is 35.6 Å². The van der Waals surface area contributed by atoms with Gasteiger partial charge in [0.2, 0.25) is 0 Å². The number of rotatable bonds is 5. The average Bonchev–Trinajstić information content (AvgIpc) is 2.95. The van der Waals surface area contributed by atoms with Crippen LogP contribution < -0.4 is 5.32 Å². The van der Waals surface area contributed by atoms with Crippen LogP contribution >= 0.6 is 0 Å². The number of halogens is 3. The van der Waals surface area contributed by atoms with Crippen molar-refractivity contribution in [3.8, 4) is 0 Å². The van der Waals surface area contributed by atoms with E-state index in [1.165, 1.54) is 4.90 Å². The van der Waals surface area contributed by atoms with Crippen LogP contribution in [0.5, 0.6) is 0 Å². The van der Waals surface area contributed by atoms with Crippen molar-refractivity contribution in [1.29, 1.82) is 0 Å². The first kappa shape index (κ1) is 18.1. The molecule has 2 atom stereocenters. The minimum Gasteiger partial charge on any atom is -0.332 e. The summed E-state index contributed by atoms with van der Waals surface area (Å²) in [7, 11) is 0. The van der Waals surface area contributed by atoms with Gasteiger partial charge in [0.05, 0.1) is 6.54 Å². The molecule has 0 bridgehead atoms. The van der Waals surface area contributed by atoms with Crippen molar-refractivity contribution in [2.75, 3.05) is 32.7 Å². The highest BCUT2D eigenvalue weighted by molar-refractivity contribution is 5.75. The summed E-state index contributed by atoms with van der Waals surface area (Å²) in [5.74, 6) is 0.116. The van der Waals surface area contributed by atoms with E-state index in [1.54, 1.807) is 11.8 Å². The molecular weight excluding hydrogens is 307 g/mol. The second kappa shape index (κ2) is 8.04. The van der Waals surface area contributed by atoms with E-state index in [0.29, 0.717) is 26.2 Å². The van der Waals surface area contributed by atoms with E-state index in [2.05, 4.69) is 11.4 Å². The zero-order valence-corrected chi connectivity index (χ0v) is 13.6. The van der Waals surface area contributed by atoms with Crippen LogP contribution in [0.4, 0.5) is 18.0 Å². The van der Waals surface area contributed by atoms with Crippen molar-refractivity contribution in [2.24, 2.45) is 5.92 Å². The number of amides is 2. The fraction of sp³-hybridized carbons (Fsp3) is 0.812. The van der Waals surface area contributed by atoms with E-state index in [1.807, 2.05) is 6.08 Å². The first-order chi connectivity index (χ1) is 10.9. The van der Waals surface area contributed by atoms with Gasteiger partial charge < -0.3 is 10.2 Å². The number of nitrogens with zero attached hydrogens (tertiary/aromatic N) is 2. The summed E-state index contributed by atoms with van der Waals surface area (Å²) in [5.41, 5.74) is 0. The van der Waals surface area contributed by atoms with E-state index in [9.17, 15) is 18.0 Å². The van der Waals surface area contributed by atoms with Gasteiger partial charge in [-0.25, -0.2) is 4.79 Å². The quantitative estimate of drug-likeness (QED) is 0.785. The summed E-state index contributed by atoms with van der Waals surface area (Å²) in [6, 6.07) is -0.00408. The highest BCUT2D eigenvalue weighted by Gasteiger charge is 2.33. The van der Waals surface area contributed by atoms with Gasteiger partial charge in [-0.3, -0.25) is 4.90 Å². The zero-order chi connectivity index (χ0) is 16.9. The average molecular weight is 333 g/mol. The molecule has 1 N–H and O–H groups in total. The summed E-state index contributed by atoms with van der Waals surface area (Å²) < 4.78 is 37.5. The van der Waals surface area contributed by atoms with Crippen LogP contribution in [0, 0.1) is 5.92 Å². The first-order valence-electron chi connectivity index (χ1n) is 8.38. The Bertz CT molecular complexity index is 425. The van der Waals surface area contributed by atoms with Crippen LogP contribution in [-0.4, -0.2) is 60.8 Å². The van der Waals surface area contributed by atoms with E-state index in [0.717, 1.165) is 25.7 Å². The van der Waals surface area contributed by atoms with Gasteiger partial charge in [-0.05, 0) is 38.1 Å². The van der Waals surface area contributed by atoms with Crippen molar-refractivity contribution in [1.82, 2.24) is 15.1 Å². The van der Waals surface area contributed by atoms with Crippen molar-refractivity contribution in [3.63, 3.8) is 0 Å². The standard InChI is InChI=1S/C16H26F3N3O/c1-2-21(12-16(17,18)19)10-13-8-9-22(11-13)15(23)20-14-6-4-3-5-7-14/h4,6,13-14H,2-3,5,7-12H2,1H3,(H,20,23). The van der Waals surface area contributed by atoms with Crippen LogP contribution in [0.1, 0.15) is 32.6 Å². The Balaban J connectivity index is 1.77. The van der Waals surface area contributed by atoms with Crippen molar-refractivity contribution >= 4 is 6.03 Å². The summed E-state index contributed by atoms with van der Waals surface area (Å²) in [4.78, 5) is 15.4. The molecule has 1 aliphatic heterocycles. The third-order valence-electron chi connectivity index (χ3n) is 4.50. The van der Waals surface area contributed by atoms with Gasteiger partial charge in [-0.15, -0.1) is 0 Å². The minimum absolute atomic E-state index is 0.0904. The summed E-state index contributed by atoms with van der Waals surface area (Å²) in [5, 5.41) is 2.99. The lowest BCUT2D eigenvalue weighted by molar-refractivity contribution is -0.146. The molecule has 2 unspecified atom stereocenters. The van der Waals surface area contributed by atoms with Gasteiger partial charge in [0.25, 0.3) is 0 Å². The molecule has 1 heterocycles. The lowest BCUT2D eigenvalue weighted by Crippen LogP contribution is -2.44. The van der Waals surface area contributed by atoms with Crippen LogP contribution in [0.15, 0.2) is 12.2 Å². The zero-order valence-electron chi connectivity index (χ0n) is 13.6. The number of allylic oxidation sites excluding steroid dienone is 1. The Morgan fingerprint density at radius 2 is 2.17 bits per heavy atom. The molecule has 0 aromatic heterocycles. The molecule has 4 nitrogen and oxygen atoms in total. The third-order valence-corrected chi connectivity index (χ3v) is 4.50. The van der Waals surface area contributed by atoms with Crippen molar-refractivity contribution in [3.05, 3.63) is 12.2 Å². The number of hydrogen-bond acceptors (Lipinski definition) is 2. The predicted molar refractivity (Wildman–Crippen MR) is 83.2 cm³/mol. The summed E-state index contributed by atoms with van der Waals surface area (Å²) in [6.45, 7) is 2.78. The Kier molecular flexibility index (Phi) is 6.33. The smallest absolute Gasteiger partial charge is 0.332 e. The molecule has 1 saturated heterocycles. The maximum absolute atomic E-state index is 12.5. The molecule has 2 rings (SSSR count). The molecule has 0 spiro atoms. The summed E-state index contributed by atoms with van der Waals surface area (Å²) in [6.07, 6.45) is 3.79. The summed E-state index contributed by atoms with van der Waals surface area (Å²) >= 11 is 0. The lowest BCUT2D eigenvalue weighted by Gasteiger charge is -2.26. The van der Waals surface area contributed by atoms with Crippen LogP contribution in [0.3, 0.4) is 0 Å². The van der Waals surface area contributed by atoms with Gasteiger partial charge in [0.1, 0.15) is 0 Å². The molecule has 1 aliphatic carbocycles. The molecule has 0 aromatic carbocycles.